The summed E-state index contributed by atoms with van der Waals surface area (Å²) in [6.45, 7) is 2.13. The van der Waals surface area contributed by atoms with Crippen molar-refractivity contribution >= 4 is 44.2 Å². The van der Waals surface area contributed by atoms with Gasteiger partial charge in [0.25, 0.3) is 0 Å². The van der Waals surface area contributed by atoms with Crippen molar-refractivity contribution in [3.05, 3.63) is 64.6 Å². The maximum atomic E-state index is 13.0. The molecule has 0 spiro atoms. The minimum absolute atomic E-state index is 0.106. The minimum atomic E-state index is -0.684. The summed E-state index contributed by atoms with van der Waals surface area (Å²) in [5, 5.41) is 15.1. The lowest BCUT2D eigenvalue weighted by atomic mass is 10.0. The van der Waals surface area contributed by atoms with Gasteiger partial charge in [0.15, 0.2) is 0 Å². The number of halogens is 1. The highest BCUT2D eigenvalue weighted by atomic mass is 79.9. The van der Waals surface area contributed by atoms with E-state index in [4.69, 9.17) is 0 Å². The van der Waals surface area contributed by atoms with Crippen LogP contribution in [0.1, 0.15) is 44.6 Å². The number of unbranched alkanes of at least 4 members (excludes halogenated alkanes) is 3. The molecule has 0 radical (unpaired) electrons. The van der Waals surface area contributed by atoms with E-state index in [2.05, 4.69) is 43.7 Å². The lowest BCUT2D eigenvalue weighted by Gasteiger charge is -2.18. The lowest BCUT2D eigenvalue weighted by Crippen LogP contribution is -2.45. The number of aromatic nitrogens is 2. The summed E-state index contributed by atoms with van der Waals surface area (Å²) < 4.78 is 0.980. The first-order chi connectivity index (χ1) is 15.5. The summed E-state index contributed by atoms with van der Waals surface area (Å²) in [6.07, 6.45) is 4.90. The monoisotopic (exact) mass is 514 g/mol. The van der Waals surface area contributed by atoms with Gasteiger partial charge in [0.1, 0.15) is 11.0 Å². The number of anilines is 1. The molecule has 0 aliphatic rings. The van der Waals surface area contributed by atoms with Gasteiger partial charge in [-0.1, -0.05) is 95.9 Å². The van der Waals surface area contributed by atoms with Crippen LogP contribution in [0.3, 0.4) is 0 Å². The van der Waals surface area contributed by atoms with Crippen molar-refractivity contribution in [1.82, 2.24) is 15.5 Å². The molecule has 0 saturated carbocycles. The third kappa shape index (κ3) is 7.53. The molecule has 0 aliphatic heterocycles. The number of amides is 2. The molecule has 3 aromatic rings. The molecule has 1 aromatic heterocycles. The number of nitrogens with one attached hydrogen (secondary N) is 2. The van der Waals surface area contributed by atoms with Gasteiger partial charge in [0.2, 0.25) is 16.9 Å². The number of rotatable bonds is 11. The predicted octanol–water partition coefficient (Wildman–Crippen LogP) is 5.60. The summed E-state index contributed by atoms with van der Waals surface area (Å²) >= 11 is 4.72. The SMILES string of the molecule is CCCCCCC(=O)N[C@@H](Cc1ccccc1)C(=O)Nc1nnc(-c2ccc(Br)cc2)s1. The zero-order chi connectivity index (χ0) is 22.8. The predicted molar refractivity (Wildman–Crippen MR) is 133 cm³/mol. The first kappa shape index (κ1) is 24.1. The second kappa shape index (κ2) is 12.5. The number of carbonyl (C=O) groups is 2. The van der Waals surface area contributed by atoms with E-state index < -0.39 is 6.04 Å². The Morgan fingerprint density at radius 3 is 2.47 bits per heavy atom. The van der Waals surface area contributed by atoms with Gasteiger partial charge in [-0.15, -0.1) is 10.2 Å². The van der Waals surface area contributed by atoms with Gasteiger partial charge < -0.3 is 5.32 Å². The van der Waals surface area contributed by atoms with Crippen LogP contribution in [-0.4, -0.2) is 28.1 Å². The fourth-order valence-electron chi connectivity index (χ4n) is 3.21. The molecule has 2 amide bonds. The van der Waals surface area contributed by atoms with Crippen molar-refractivity contribution in [2.45, 2.75) is 51.5 Å². The molecule has 168 valence electrons. The van der Waals surface area contributed by atoms with Gasteiger partial charge in [0, 0.05) is 22.9 Å². The Hall–Kier alpha value is -2.58. The third-order valence-corrected chi connectivity index (χ3v) is 6.35. The molecule has 0 unspecified atom stereocenters. The van der Waals surface area contributed by atoms with E-state index in [1.165, 1.54) is 11.3 Å². The largest absolute Gasteiger partial charge is 0.344 e. The van der Waals surface area contributed by atoms with E-state index in [1.54, 1.807) is 0 Å². The van der Waals surface area contributed by atoms with Crippen LogP contribution in [0.4, 0.5) is 5.13 Å². The summed E-state index contributed by atoms with van der Waals surface area (Å²) in [5.41, 5.74) is 1.90. The molecule has 0 saturated heterocycles. The topological polar surface area (TPSA) is 84.0 Å². The highest BCUT2D eigenvalue weighted by Crippen LogP contribution is 2.27. The molecular formula is C24H27BrN4O2S. The Morgan fingerprint density at radius 1 is 1.00 bits per heavy atom. The van der Waals surface area contributed by atoms with Gasteiger partial charge in [-0.2, -0.15) is 0 Å². The van der Waals surface area contributed by atoms with Crippen molar-refractivity contribution in [3.8, 4) is 10.6 Å². The highest BCUT2D eigenvalue weighted by Gasteiger charge is 2.22. The molecule has 0 bridgehead atoms. The molecule has 0 aliphatic carbocycles. The zero-order valence-corrected chi connectivity index (χ0v) is 20.4. The van der Waals surface area contributed by atoms with Gasteiger partial charge in [-0.25, -0.2) is 0 Å². The Bertz CT molecular complexity index is 1010. The van der Waals surface area contributed by atoms with Crippen molar-refractivity contribution < 1.29 is 9.59 Å². The Labute approximate surface area is 201 Å². The van der Waals surface area contributed by atoms with Crippen LogP contribution in [-0.2, 0) is 16.0 Å². The smallest absolute Gasteiger partial charge is 0.249 e. The Balaban J connectivity index is 1.66. The van der Waals surface area contributed by atoms with Crippen LogP contribution in [0.25, 0.3) is 10.6 Å². The molecule has 3 rings (SSSR count). The van der Waals surface area contributed by atoms with Crippen LogP contribution < -0.4 is 10.6 Å². The quantitative estimate of drug-likeness (QED) is 0.326. The minimum Gasteiger partial charge on any atom is -0.344 e. The van der Waals surface area contributed by atoms with Gasteiger partial charge in [0.05, 0.1) is 0 Å². The molecule has 2 N–H and O–H groups in total. The molecule has 0 fully saturated rings. The Morgan fingerprint density at radius 2 is 1.75 bits per heavy atom. The fraction of sp³-hybridized carbons (Fsp3) is 0.333. The van der Waals surface area contributed by atoms with Gasteiger partial charge in [-0.3, -0.25) is 14.9 Å². The third-order valence-electron chi connectivity index (χ3n) is 4.94. The van der Waals surface area contributed by atoms with Crippen LogP contribution >= 0.6 is 27.3 Å². The van der Waals surface area contributed by atoms with E-state index in [0.29, 0.717) is 23.0 Å². The molecule has 8 heteroatoms. The van der Waals surface area contributed by atoms with E-state index in [9.17, 15) is 9.59 Å². The molecule has 1 heterocycles. The average molecular weight is 515 g/mol. The fourth-order valence-corrected chi connectivity index (χ4v) is 4.23. The van der Waals surface area contributed by atoms with E-state index in [1.807, 2.05) is 54.6 Å². The maximum Gasteiger partial charge on any atom is 0.249 e. The number of carbonyl (C=O) groups excluding carboxylic acids is 2. The van der Waals surface area contributed by atoms with Crippen LogP contribution in [0.15, 0.2) is 59.1 Å². The molecule has 2 aromatic carbocycles. The first-order valence-corrected chi connectivity index (χ1v) is 12.4. The van der Waals surface area contributed by atoms with Gasteiger partial charge in [-0.05, 0) is 24.1 Å². The van der Waals surface area contributed by atoms with Crippen LogP contribution in [0.2, 0.25) is 0 Å². The van der Waals surface area contributed by atoms with E-state index >= 15 is 0 Å². The lowest BCUT2D eigenvalue weighted by molar-refractivity contribution is -0.126. The number of nitrogens with zero attached hydrogens (tertiary/aromatic N) is 2. The van der Waals surface area contributed by atoms with Crippen molar-refractivity contribution in [2.24, 2.45) is 0 Å². The summed E-state index contributed by atoms with van der Waals surface area (Å²) in [5.74, 6) is -0.403. The van der Waals surface area contributed by atoms with Crippen LogP contribution in [0, 0.1) is 0 Å². The number of hydrogen-bond donors (Lipinski definition) is 2. The normalized spacial score (nSPS) is 11.7. The molecular weight excluding hydrogens is 488 g/mol. The average Bonchev–Trinajstić information content (AvgIpc) is 3.26. The molecule has 1 atom stereocenters. The molecule has 32 heavy (non-hydrogen) atoms. The van der Waals surface area contributed by atoms with Crippen LogP contribution in [0.5, 0.6) is 0 Å². The summed E-state index contributed by atoms with van der Waals surface area (Å²) in [7, 11) is 0. The zero-order valence-electron chi connectivity index (χ0n) is 18.0. The standard InChI is InChI=1S/C24H27BrN4O2S/c1-2-3-4-8-11-21(30)26-20(16-17-9-6-5-7-10-17)22(31)27-24-29-28-23(32-24)18-12-14-19(25)15-13-18/h5-7,9-10,12-15,20H,2-4,8,11,16H2,1H3,(H,26,30)(H,27,29,31)/t20-/m0/s1. The summed E-state index contributed by atoms with van der Waals surface area (Å²) in [4.78, 5) is 25.5. The van der Waals surface area contributed by atoms with E-state index in [-0.39, 0.29) is 11.8 Å². The summed E-state index contributed by atoms with van der Waals surface area (Å²) in [6, 6.07) is 16.7. The second-order valence-electron chi connectivity index (χ2n) is 7.53. The van der Waals surface area contributed by atoms with Crippen molar-refractivity contribution in [2.75, 3.05) is 5.32 Å². The van der Waals surface area contributed by atoms with Gasteiger partial charge >= 0.3 is 0 Å². The molecule has 6 nitrogen and oxygen atoms in total. The number of benzene rings is 2. The van der Waals surface area contributed by atoms with E-state index in [0.717, 1.165) is 41.3 Å². The highest BCUT2D eigenvalue weighted by molar-refractivity contribution is 9.10. The number of hydrogen-bond acceptors (Lipinski definition) is 5. The Kier molecular flexibility index (Phi) is 9.37. The van der Waals surface area contributed by atoms with Crippen molar-refractivity contribution in [1.29, 1.82) is 0 Å². The second-order valence-corrected chi connectivity index (χ2v) is 9.42. The van der Waals surface area contributed by atoms with Crippen molar-refractivity contribution in [3.63, 3.8) is 0 Å². The maximum absolute atomic E-state index is 13.0. The first-order valence-electron chi connectivity index (χ1n) is 10.8.